The zero-order valence-electron chi connectivity index (χ0n) is 13.3. The Morgan fingerprint density at radius 3 is 2.52 bits per heavy atom. The van der Waals surface area contributed by atoms with Gasteiger partial charge in [0.2, 0.25) is 0 Å². The smallest absolute Gasteiger partial charge is 0.293 e. The summed E-state index contributed by atoms with van der Waals surface area (Å²) in [6.45, 7) is 4.83. The number of amides is 1. The van der Waals surface area contributed by atoms with Crippen LogP contribution in [0.15, 0.2) is 18.2 Å². The molecule has 0 radical (unpaired) electrons. The van der Waals surface area contributed by atoms with Gasteiger partial charge < -0.3 is 15.0 Å². The number of carbonyl (C=O) groups is 1. The van der Waals surface area contributed by atoms with E-state index in [1.165, 1.54) is 6.07 Å². The van der Waals surface area contributed by atoms with Crippen LogP contribution in [-0.2, 0) is 4.74 Å². The zero-order chi connectivity index (χ0) is 16.6. The Labute approximate surface area is 134 Å². The van der Waals surface area contributed by atoms with E-state index in [-0.39, 0.29) is 23.8 Å². The number of benzene rings is 1. The van der Waals surface area contributed by atoms with Gasteiger partial charge in [0.15, 0.2) is 0 Å². The van der Waals surface area contributed by atoms with Gasteiger partial charge in [-0.2, -0.15) is 0 Å². The number of hydrogen-bond acceptors (Lipinski definition) is 5. The Morgan fingerprint density at radius 2 is 1.96 bits per heavy atom. The van der Waals surface area contributed by atoms with Crippen molar-refractivity contribution in [2.75, 3.05) is 18.4 Å². The van der Waals surface area contributed by atoms with Crippen LogP contribution < -0.4 is 5.32 Å². The van der Waals surface area contributed by atoms with Crippen LogP contribution in [0.1, 0.15) is 37.0 Å². The Kier molecular flexibility index (Phi) is 4.21. The van der Waals surface area contributed by atoms with Gasteiger partial charge in [0.25, 0.3) is 11.6 Å². The van der Waals surface area contributed by atoms with Crippen LogP contribution in [0.5, 0.6) is 0 Å². The van der Waals surface area contributed by atoms with E-state index < -0.39 is 4.92 Å². The molecule has 3 rings (SSSR count). The molecule has 2 aliphatic rings. The molecule has 23 heavy (non-hydrogen) atoms. The molecule has 1 aliphatic carbocycles. The van der Waals surface area contributed by atoms with Gasteiger partial charge >= 0.3 is 0 Å². The summed E-state index contributed by atoms with van der Waals surface area (Å²) in [6.07, 6.45) is 1.99. The summed E-state index contributed by atoms with van der Waals surface area (Å²) in [7, 11) is 0. The number of hydrogen-bond donors (Lipinski definition) is 1. The second-order valence-corrected chi connectivity index (χ2v) is 6.38. The van der Waals surface area contributed by atoms with Gasteiger partial charge in [-0.1, -0.05) is 0 Å². The minimum absolute atomic E-state index is 0.0338. The molecule has 1 aliphatic heterocycles. The molecular weight excluding hydrogens is 298 g/mol. The molecule has 7 nitrogen and oxygen atoms in total. The summed E-state index contributed by atoms with van der Waals surface area (Å²) in [5.41, 5.74) is 0.786. The largest absolute Gasteiger partial charge is 0.377 e. The summed E-state index contributed by atoms with van der Waals surface area (Å²) < 4.78 is 5.62. The van der Waals surface area contributed by atoms with Crippen molar-refractivity contribution in [3.05, 3.63) is 33.9 Å². The highest BCUT2D eigenvalue weighted by Gasteiger charge is 2.29. The quantitative estimate of drug-likeness (QED) is 0.680. The third kappa shape index (κ3) is 3.61. The molecule has 1 N–H and O–H groups in total. The lowest BCUT2D eigenvalue weighted by Crippen LogP contribution is -2.48. The maximum atomic E-state index is 12.6. The molecule has 2 fully saturated rings. The molecule has 1 heterocycles. The van der Waals surface area contributed by atoms with Crippen molar-refractivity contribution in [2.45, 2.75) is 44.9 Å². The molecule has 1 amide bonds. The monoisotopic (exact) mass is 319 g/mol. The molecule has 1 saturated carbocycles. The lowest BCUT2D eigenvalue weighted by molar-refractivity contribution is -0.384. The number of anilines is 1. The van der Waals surface area contributed by atoms with Crippen LogP contribution in [0.25, 0.3) is 0 Å². The Balaban J connectivity index is 1.82. The fourth-order valence-corrected chi connectivity index (χ4v) is 2.91. The minimum atomic E-state index is -0.438. The number of carbonyl (C=O) groups excluding carboxylic acids is 1. The van der Waals surface area contributed by atoms with Crippen molar-refractivity contribution < 1.29 is 14.5 Å². The number of nitro groups is 1. The van der Waals surface area contributed by atoms with E-state index >= 15 is 0 Å². The topological polar surface area (TPSA) is 84.7 Å². The maximum Gasteiger partial charge on any atom is 0.293 e. The number of nitrogens with zero attached hydrogens (tertiary/aromatic N) is 2. The van der Waals surface area contributed by atoms with Crippen LogP contribution in [0.4, 0.5) is 11.4 Å². The molecule has 1 saturated heterocycles. The van der Waals surface area contributed by atoms with E-state index in [1.54, 1.807) is 17.0 Å². The van der Waals surface area contributed by atoms with Crippen LogP contribution >= 0.6 is 0 Å². The number of nitrogens with one attached hydrogen (secondary N) is 1. The van der Waals surface area contributed by atoms with Crippen molar-refractivity contribution in [1.29, 1.82) is 0 Å². The highest BCUT2D eigenvalue weighted by atomic mass is 16.6. The first-order valence-corrected chi connectivity index (χ1v) is 7.93. The highest BCUT2D eigenvalue weighted by Crippen LogP contribution is 2.32. The molecule has 2 atom stereocenters. The van der Waals surface area contributed by atoms with Crippen LogP contribution in [0.3, 0.4) is 0 Å². The van der Waals surface area contributed by atoms with Crippen molar-refractivity contribution in [3.8, 4) is 0 Å². The summed E-state index contributed by atoms with van der Waals surface area (Å²) in [5.74, 6) is -0.187. The average Bonchev–Trinajstić information content (AvgIpc) is 3.29. The minimum Gasteiger partial charge on any atom is -0.377 e. The van der Waals surface area contributed by atoms with E-state index in [0.717, 1.165) is 12.8 Å². The summed E-state index contributed by atoms with van der Waals surface area (Å²) in [5, 5.41) is 14.4. The van der Waals surface area contributed by atoms with Gasteiger partial charge in [0.05, 0.1) is 17.1 Å². The fraction of sp³-hybridized carbons (Fsp3) is 0.562. The van der Waals surface area contributed by atoms with E-state index in [9.17, 15) is 14.9 Å². The maximum absolute atomic E-state index is 12.6. The number of ether oxygens (including phenoxy) is 1. The molecule has 124 valence electrons. The van der Waals surface area contributed by atoms with Crippen molar-refractivity contribution in [3.63, 3.8) is 0 Å². The number of rotatable bonds is 4. The molecular formula is C16H21N3O4. The van der Waals surface area contributed by atoms with Crippen molar-refractivity contribution in [1.82, 2.24) is 4.90 Å². The second kappa shape index (κ2) is 6.16. The highest BCUT2D eigenvalue weighted by molar-refractivity contribution is 5.96. The fourth-order valence-electron chi connectivity index (χ4n) is 2.91. The molecule has 0 unspecified atom stereocenters. The number of morpholine rings is 1. The SMILES string of the molecule is C[C@H]1CN(C(=O)c2ccc(NC3CC3)c([N+](=O)[O-])c2)C[C@H](C)O1. The lowest BCUT2D eigenvalue weighted by atomic mass is 10.1. The van der Waals surface area contributed by atoms with Gasteiger partial charge in [-0.25, -0.2) is 0 Å². The predicted molar refractivity (Wildman–Crippen MR) is 85.7 cm³/mol. The van der Waals surface area contributed by atoms with Gasteiger partial charge in [-0.3, -0.25) is 14.9 Å². The van der Waals surface area contributed by atoms with Crippen LogP contribution in [-0.4, -0.2) is 47.1 Å². The molecule has 0 spiro atoms. The van der Waals surface area contributed by atoms with E-state index in [0.29, 0.717) is 30.4 Å². The molecule has 0 bridgehead atoms. The Bertz CT molecular complexity index is 620. The predicted octanol–water partition coefficient (Wildman–Crippen LogP) is 2.42. The molecule has 0 aromatic heterocycles. The number of nitro benzene ring substituents is 1. The second-order valence-electron chi connectivity index (χ2n) is 6.38. The third-order valence-electron chi connectivity index (χ3n) is 4.09. The summed E-state index contributed by atoms with van der Waals surface area (Å²) >= 11 is 0. The first-order valence-electron chi connectivity index (χ1n) is 7.93. The van der Waals surface area contributed by atoms with Gasteiger partial charge in [0.1, 0.15) is 5.69 Å². The Morgan fingerprint density at radius 1 is 1.30 bits per heavy atom. The normalized spacial score (nSPS) is 24.3. The zero-order valence-corrected chi connectivity index (χ0v) is 13.3. The van der Waals surface area contributed by atoms with Crippen molar-refractivity contribution >= 4 is 17.3 Å². The summed E-state index contributed by atoms with van der Waals surface area (Å²) in [4.78, 5) is 25.2. The molecule has 7 heteroatoms. The van der Waals surface area contributed by atoms with E-state index in [2.05, 4.69) is 5.32 Å². The van der Waals surface area contributed by atoms with Gasteiger partial charge in [0, 0.05) is 30.8 Å². The van der Waals surface area contributed by atoms with Crippen LogP contribution in [0.2, 0.25) is 0 Å². The van der Waals surface area contributed by atoms with Crippen LogP contribution in [0, 0.1) is 10.1 Å². The van der Waals surface area contributed by atoms with E-state index in [4.69, 9.17) is 4.74 Å². The standard InChI is InChI=1S/C16H21N3O4/c1-10-8-18(9-11(2)23-10)16(20)12-3-6-14(17-13-4-5-13)15(7-12)19(21)22/h3,6-7,10-11,13,17H,4-5,8-9H2,1-2H3/t10-,11-/m0/s1. The molecule has 1 aromatic rings. The first kappa shape index (κ1) is 15.7. The average molecular weight is 319 g/mol. The molecule has 1 aromatic carbocycles. The summed E-state index contributed by atoms with van der Waals surface area (Å²) in [6, 6.07) is 4.98. The van der Waals surface area contributed by atoms with Gasteiger partial charge in [-0.15, -0.1) is 0 Å². The third-order valence-corrected chi connectivity index (χ3v) is 4.09. The first-order chi connectivity index (χ1) is 10.9. The van der Waals surface area contributed by atoms with Gasteiger partial charge in [-0.05, 0) is 38.8 Å². The Hall–Kier alpha value is -2.15. The lowest BCUT2D eigenvalue weighted by Gasteiger charge is -2.35. The van der Waals surface area contributed by atoms with E-state index in [1.807, 2.05) is 13.8 Å². The van der Waals surface area contributed by atoms with Crippen molar-refractivity contribution in [2.24, 2.45) is 0 Å².